The molecule has 0 saturated carbocycles. The van der Waals surface area contributed by atoms with E-state index in [0.29, 0.717) is 30.2 Å². The number of hydrogen-bond donors (Lipinski definition) is 1. The van der Waals surface area contributed by atoms with Crippen LogP contribution in [0.4, 0.5) is 0 Å². The van der Waals surface area contributed by atoms with Crippen molar-refractivity contribution in [3.63, 3.8) is 0 Å². The van der Waals surface area contributed by atoms with Gasteiger partial charge in [0, 0.05) is 19.7 Å². The van der Waals surface area contributed by atoms with E-state index in [2.05, 4.69) is 5.16 Å². The molecular formula is C12H18N2O4. The summed E-state index contributed by atoms with van der Waals surface area (Å²) in [4.78, 5) is 13.9. The van der Waals surface area contributed by atoms with Gasteiger partial charge >= 0.3 is 0 Å². The summed E-state index contributed by atoms with van der Waals surface area (Å²) < 4.78 is 10.4. The van der Waals surface area contributed by atoms with Crippen LogP contribution in [0.1, 0.15) is 28.7 Å². The molecule has 1 N–H and O–H groups in total. The van der Waals surface area contributed by atoms with Gasteiger partial charge in [0.15, 0.2) is 0 Å². The number of likely N-dealkylation sites (tertiary alicyclic amines) is 1. The predicted octanol–water partition coefficient (Wildman–Crippen LogP) is 0.513. The second-order valence-electron chi connectivity index (χ2n) is 4.47. The highest BCUT2D eigenvalue weighted by Crippen LogP contribution is 2.20. The molecule has 6 heteroatoms. The van der Waals surface area contributed by atoms with Crippen LogP contribution in [0.15, 0.2) is 4.52 Å². The van der Waals surface area contributed by atoms with E-state index in [1.54, 1.807) is 18.7 Å². The third-order valence-electron chi connectivity index (χ3n) is 3.15. The monoisotopic (exact) mass is 254 g/mol. The fraction of sp³-hybridized carbons (Fsp3) is 0.667. The van der Waals surface area contributed by atoms with Crippen molar-refractivity contribution < 1.29 is 19.2 Å². The van der Waals surface area contributed by atoms with Gasteiger partial charge in [-0.1, -0.05) is 5.16 Å². The van der Waals surface area contributed by atoms with E-state index in [-0.39, 0.29) is 18.6 Å². The molecule has 1 aliphatic rings. The first-order valence-electron chi connectivity index (χ1n) is 6.06. The molecular weight excluding hydrogens is 236 g/mol. The normalized spacial score (nSPS) is 23.7. The van der Waals surface area contributed by atoms with Crippen molar-refractivity contribution in [3.8, 4) is 0 Å². The number of aliphatic hydroxyl groups is 1. The highest BCUT2D eigenvalue weighted by atomic mass is 16.5. The Kier molecular flexibility index (Phi) is 3.68. The number of carbonyl (C=O) groups is 1. The molecule has 1 fully saturated rings. The molecule has 1 saturated heterocycles. The number of carbonyl (C=O) groups excluding carboxylic acids is 1. The summed E-state index contributed by atoms with van der Waals surface area (Å²) in [5, 5.41) is 13.6. The first-order chi connectivity index (χ1) is 8.54. The Bertz CT molecular complexity index is 424. The fourth-order valence-corrected chi connectivity index (χ4v) is 2.25. The van der Waals surface area contributed by atoms with Crippen molar-refractivity contribution in [2.45, 2.75) is 33.0 Å². The number of aliphatic hydroxyl groups excluding tert-OH is 1. The number of amides is 1. The van der Waals surface area contributed by atoms with Gasteiger partial charge in [-0.3, -0.25) is 4.79 Å². The lowest BCUT2D eigenvalue weighted by molar-refractivity contribution is -0.00237. The van der Waals surface area contributed by atoms with Gasteiger partial charge in [-0.05, 0) is 20.8 Å². The summed E-state index contributed by atoms with van der Waals surface area (Å²) in [6.07, 6.45) is -0.936. The lowest BCUT2D eigenvalue weighted by Gasteiger charge is -2.15. The molecule has 2 heterocycles. The molecule has 6 nitrogen and oxygen atoms in total. The van der Waals surface area contributed by atoms with Gasteiger partial charge < -0.3 is 19.3 Å². The fourth-order valence-electron chi connectivity index (χ4n) is 2.25. The summed E-state index contributed by atoms with van der Waals surface area (Å²) in [6, 6.07) is 0. The largest absolute Gasteiger partial charge is 0.388 e. The molecule has 0 radical (unpaired) electrons. The van der Waals surface area contributed by atoms with Crippen LogP contribution in [-0.2, 0) is 4.74 Å². The molecule has 2 atom stereocenters. The predicted molar refractivity (Wildman–Crippen MR) is 63.3 cm³/mol. The number of nitrogens with zero attached hydrogens (tertiary/aromatic N) is 2. The minimum absolute atomic E-state index is 0.160. The molecule has 1 aliphatic heterocycles. The van der Waals surface area contributed by atoms with E-state index in [1.807, 2.05) is 6.92 Å². The van der Waals surface area contributed by atoms with Crippen molar-refractivity contribution in [2.24, 2.45) is 0 Å². The van der Waals surface area contributed by atoms with Gasteiger partial charge in [0.05, 0.1) is 11.8 Å². The van der Waals surface area contributed by atoms with Crippen LogP contribution in [0.3, 0.4) is 0 Å². The number of β-amino-alcohol motifs (C(OH)–C–C–N with tert-alkyl or cyclic N) is 1. The Morgan fingerprint density at radius 1 is 1.56 bits per heavy atom. The quantitative estimate of drug-likeness (QED) is 0.850. The summed E-state index contributed by atoms with van der Waals surface area (Å²) >= 11 is 0. The van der Waals surface area contributed by atoms with E-state index in [9.17, 15) is 9.90 Å². The minimum Gasteiger partial charge on any atom is -0.388 e. The van der Waals surface area contributed by atoms with Crippen LogP contribution in [0.5, 0.6) is 0 Å². The number of aryl methyl sites for hydroxylation is 2. The first kappa shape index (κ1) is 13.0. The number of rotatable bonds is 3. The molecule has 1 amide bonds. The van der Waals surface area contributed by atoms with Crippen LogP contribution in [0.25, 0.3) is 0 Å². The van der Waals surface area contributed by atoms with Crippen LogP contribution >= 0.6 is 0 Å². The van der Waals surface area contributed by atoms with E-state index in [1.165, 1.54) is 0 Å². The summed E-state index contributed by atoms with van der Waals surface area (Å²) in [6.45, 7) is 6.52. The SMILES string of the molecule is CCO[C@H]1CN(C(=O)c2c(C)noc2C)C[C@@H]1O. The zero-order valence-corrected chi connectivity index (χ0v) is 10.8. The molecule has 0 aliphatic carbocycles. The van der Waals surface area contributed by atoms with Crippen LogP contribution in [0, 0.1) is 13.8 Å². The van der Waals surface area contributed by atoms with E-state index < -0.39 is 6.10 Å². The molecule has 1 aromatic rings. The smallest absolute Gasteiger partial charge is 0.259 e. The number of hydrogen-bond acceptors (Lipinski definition) is 5. The van der Waals surface area contributed by atoms with E-state index in [4.69, 9.17) is 9.26 Å². The lowest BCUT2D eigenvalue weighted by atomic mass is 10.2. The second-order valence-corrected chi connectivity index (χ2v) is 4.47. The molecule has 0 spiro atoms. The van der Waals surface area contributed by atoms with Crippen molar-refractivity contribution in [1.82, 2.24) is 10.1 Å². The average molecular weight is 254 g/mol. The molecule has 100 valence electrons. The van der Waals surface area contributed by atoms with Crippen molar-refractivity contribution in [2.75, 3.05) is 19.7 Å². The van der Waals surface area contributed by atoms with Crippen molar-refractivity contribution in [1.29, 1.82) is 0 Å². The van der Waals surface area contributed by atoms with Gasteiger partial charge in [-0.2, -0.15) is 0 Å². The highest BCUT2D eigenvalue weighted by Gasteiger charge is 2.36. The molecule has 1 aromatic heterocycles. The molecule has 18 heavy (non-hydrogen) atoms. The third-order valence-corrected chi connectivity index (χ3v) is 3.15. The van der Waals surface area contributed by atoms with Gasteiger partial charge in [0.25, 0.3) is 5.91 Å². The third kappa shape index (κ3) is 2.26. The van der Waals surface area contributed by atoms with E-state index in [0.717, 1.165) is 0 Å². The van der Waals surface area contributed by atoms with Crippen LogP contribution in [0.2, 0.25) is 0 Å². The summed E-state index contributed by atoms with van der Waals surface area (Å²) in [7, 11) is 0. The Balaban J connectivity index is 2.12. The maximum Gasteiger partial charge on any atom is 0.259 e. The minimum atomic E-state index is -0.630. The lowest BCUT2D eigenvalue weighted by Crippen LogP contribution is -2.30. The van der Waals surface area contributed by atoms with Gasteiger partial charge in [0.1, 0.15) is 17.4 Å². The standard InChI is InChI=1S/C12H18N2O4/c1-4-17-10-6-14(5-9(10)15)12(16)11-7(2)13-18-8(11)3/h9-10,15H,4-6H2,1-3H3/t9-,10-/m0/s1. The molecule has 0 bridgehead atoms. The van der Waals surface area contributed by atoms with Crippen LogP contribution in [-0.4, -0.2) is 53.0 Å². The first-order valence-corrected chi connectivity index (χ1v) is 6.06. The summed E-state index contributed by atoms with van der Waals surface area (Å²) in [5.74, 6) is 0.347. The van der Waals surface area contributed by atoms with Gasteiger partial charge in [-0.25, -0.2) is 0 Å². The highest BCUT2D eigenvalue weighted by molar-refractivity contribution is 5.96. The second kappa shape index (κ2) is 5.07. The molecule has 2 rings (SSSR count). The van der Waals surface area contributed by atoms with Gasteiger partial charge in [0.2, 0.25) is 0 Å². The topological polar surface area (TPSA) is 75.8 Å². The summed E-state index contributed by atoms with van der Waals surface area (Å²) in [5.41, 5.74) is 1.06. The molecule has 0 unspecified atom stereocenters. The number of ether oxygens (including phenoxy) is 1. The van der Waals surface area contributed by atoms with Crippen molar-refractivity contribution >= 4 is 5.91 Å². The van der Waals surface area contributed by atoms with E-state index >= 15 is 0 Å². The maximum absolute atomic E-state index is 12.3. The zero-order chi connectivity index (χ0) is 13.3. The number of aromatic nitrogens is 1. The maximum atomic E-state index is 12.3. The average Bonchev–Trinajstić information content (AvgIpc) is 2.84. The Hall–Kier alpha value is -1.40. The Labute approximate surface area is 106 Å². The van der Waals surface area contributed by atoms with Crippen molar-refractivity contribution in [3.05, 3.63) is 17.0 Å². The Morgan fingerprint density at radius 3 is 2.83 bits per heavy atom. The zero-order valence-electron chi connectivity index (χ0n) is 10.8. The molecule has 0 aromatic carbocycles. The van der Waals surface area contributed by atoms with Gasteiger partial charge in [-0.15, -0.1) is 0 Å². The Morgan fingerprint density at radius 2 is 2.28 bits per heavy atom. The van der Waals surface area contributed by atoms with Crippen LogP contribution < -0.4 is 0 Å².